The van der Waals surface area contributed by atoms with Crippen molar-refractivity contribution in [3.05, 3.63) is 17.5 Å². The van der Waals surface area contributed by atoms with Gasteiger partial charge in [-0.05, 0) is 26.2 Å². The minimum atomic E-state index is -1.86. The van der Waals surface area contributed by atoms with E-state index in [2.05, 4.69) is 53.1 Å². The maximum absolute atomic E-state index is 13.1. The molecule has 21 heavy (non-hydrogen) atoms. The van der Waals surface area contributed by atoms with Gasteiger partial charge in [-0.25, -0.2) is 0 Å². The van der Waals surface area contributed by atoms with Crippen LogP contribution in [-0.4, -0.2) is 41.6 Å². The van der Waals surface area contributed by atoms with E-state index in [-0.39, 0.29) is 6.17 Å². The van der Waals surface area contributed by atoms with Crippen molar-refractivity contribution >= 4 is 19.3 Å². The lowest BCUT2D eigenvalue weighted by Gasteiger charge is -2.45. The molecule has 116 valence electrons. The fourth-order valence-electron chi connectivity index (χ4n) is 3.21. The number of fused-ring (bicyclic) bond motifs is 1. The minimum Gasteiger partial charge on any atom is -0.363 e. The summed E-state index contributed by atoms with van der Waals surface area (Å²) in [6, 6.07) is 0.402. The van der Waals surface area contributed by atoms with Crippen LogP contribution in [0.5, 0.6) is 0 Å². The molecule has 2 aliphatic rings. The van der Waals surface area contributed by atoms with Gasteiger partial charge in [0.25, 0.3) is 0 Å². The summed E-state index contributed by atoms with van der Waals surface area (Å²) in [4.78, 5) is 18.5. The van der Waals surface area contributed by atoms with Crippen molar-refractivity contribution < 1.29 is 4.79 Å². The van der Waals surface area contributed by atoms with E-state index in [0.717, 1.165) is 24.2 Å². The molecule has 1 fully saturated rings. The fraction of sp³-hybridized carbons (Fsp3) is 0.667. The zero-order valence-corrected chi connectivity index (χ0v) is 14.7. The fourth-order valence-corrected chi connectivity index (χ4v) is 4.29. The average Bonchev–Trinajstić information content (AvgIpc) is 2.82. The third-order valence-corrected chi connectivity index (χ3v) is 6.19. The van der Waals surface area contributed by atoms with Gasteiger partial charge in [-0.3, -0.25) is 4.79 Å². The van der Waals surface area contributed by atoms with E-state index in [1.807, 2.05) is 7.05 Å². The number of hydrogen-bond donors (Lipinski definition) is 2. The number of anilines is 1. The monoisotopic (exact) mass is 306 g/mol. The topological polar surface area (TPSA) is 51.4 Å². The largest absolute Gasteiger partial charge is 0.363 e. The van der Waals surface area contributed by atoms with Crippen molar-refractivity contribution in [3.8, 4) is 0 Å². The number of H-pyrrole nitrogens is 1. The average molecular weight is 306 g/mol. The van der Waals surface area contributed by atoms with E-state index in [1.165, 1.54) is 12.0 Å². The lowest BCUT2D eigenvalue weighted by atomic mass is 9.91. The summed E-state index contributed by atoms with van der Waals surface area (Å²) in [5.74, 6) is 0. The number of rotatable bonds is 3. The highest BCUT2D eigenvalue weighted by Gasteiger charge is 2.45. The Kier molecular flexibility index (Phi) is 3.41. The summed E-state index contributed by atoms with van der Waals surface area (Å²) in [7, 11) is 0.177. The smallest absolute Gasteiger partial charge is 0.195 e. The Labute approximate surface area is 127 Å². The summed E-state index contributed by atoms with van der Waals surface area (Å²) < 4.78 is 0. The van der Waals surface area contributed by atoms with Crippen LogP contribution in [-0.2, 0) is 0 Å². The first-order valence-corrected chi connectivity index (χ1v) is 11.3. The summed E-state index contributed by atoms with van der Waals surface area (Å²) in [5, 5.41) is 2.09. The molecule has 1 unspecified atom stereocenters. The zero-order valence-electron chi connectivity index (χ0n) is 13.7. The highest BCUT2D eigenvalue weighted by molar-refractivity contribution is 7.03. The predicted octanol–water partition coefficient (Wildman–Crippen LogP) is 3.49. The molecule has 2 N–H and O–H groups in total. The third-order valence-electron chi connectivity index (χ3n) is 4.65. The van der Waals surface area contributed by atoms with Crippen LogP contribution in [0.25, 0.3) is 0 Å². The van der Waals surface area contributed by atoms with Gasteiger partial charge < -0.3 is 15.3 Å². The number of hydrazine groups is 1. The maximum atomic E-state index is 13.1. The second kappa shape index (κ2) is 4.88. The number of aryl methyl sites for hydroxylation is 1. The molecule has 1 amide bonds. The van der Waals surface area contributed by atoms with Crippen LogP contribution < -0.4 is 5.43 Å². The quantitative estimate of drug-likeness (QED) is 0.841. The van der Waals surface area contributed by atoms with Crippen molar-refractivity contribution in [2.24, 2.45) is 0 Å². The molecule has 5 nitrogen and oxygen atoms in total. The van der Waals surface area contributed by atoms with Crippen LogP contribution in [0.1, 0.15) is 36.7 Å². The van der Waals surface area contributed by atoms with Crippen LogP contribution in [0, 0.1) is 6.92 Å². The summed E-state index contributed by atoms with van der Waals surface area (Å²) in [6.07, 6.45) is 5.59. The first-order chi connectivity index (χ1) is 9.80. The number of carbonyl (C=O) groups excluding carboxylic acids is 1. The Morgan fingerprint density at radius 3 is 2.57 bits per heavy atom. The number of hydrogen-bond acceptors (Lipinski definition) is 3. The van der Waals surface area contributed by atoms with E-state index >= 15 is 0 Å². The Bertz CT molecular complexity index is 559. The Morgan fingerprint density at radius 1 is 1.38 bits per heavy atom. The van der Waals surface area contributed by atoms with Gasteiger partial charge in [0.05, 0.1) is 5.69 Å². The van der Waals surface area contributed by atoms with Gasteiger partial charge in [-0.2, -0.15) is 5.01 Å². The molecular weight excluding hydrogens is 280 g/mol. The molecule has 1 atom stereocenters. The molecule has 1 aliphatic heterocycles. The molecule has 1 aliphatic carbocycles. The molecule has 6 heteroatoms. The van der Waals surface area contributed by atoms with Gasteiger partial charge >= 0.3 is 0 Å². The van der Waals surface area contributed by atoms with E-state index in [0.29, 0.717) is 11.6 Å². The highest BCUT2D eigenvalue weighted by Crippen LogP contribution is 2.43. The molecule has 2 heterocycles. The van der Waals surface area contributed by atoms with E-state index in [4.69, 9.17) is 0 Å². The second-order valence-electron chi connectivity index (χ2n) is 7.39. The van der Waals surface area contributed by atoms with Crippen LogP contribution >= 0.6 is 0 Å². The van der Waals surface area contributed by atoms with Gasteiger partial charge in [0.1, 0.15) is 6.17 Å². The van der Waals surface area contributed by atoms with Crippen LogP contribution in [0.2, 0.25) is 19.6 Å². The third kappa shape index (κ3) is 2.30. The van der Waals surface area contributed by atoms with Crippen molar-refractivity contribution in [1.29, 1.82) is 0 Å². The molecule has 0 spiro atoms. The number of aromatic nitrogens is 1. The molecule has 0 bridgehead atoms. The normalized spacial score (nSPS) is 22.6. The van der Waals surface area contributed by atoms with Crippen LogP contribution in [0.15, 0.2) is 6.20 Å². The first kappa shape index (κ1) is 14.7. The SMILES string of the molecule is Cc1[nH]cc2c1NN(C)C2N(C(=O)[Si](C)(C)C)C1CCC1. The number of aromatic amines is 1. The van der Waals surface area contributed by atoms with Crippen LogP contribution in [0.4, 0.5) is 10.5 Å². The summed E-state index contributed by atoms with van der Waals surface area (Å²) in [6.45, 7) is 8.50. The van der Waals surface area contributed by atoms with E-state index in [9.17, 15) is 4.79 Å². The molecular formula is C15H26N4OSi. The summed E-state index contributed by atoms with van der Waals surface area (Å²) >= 11 is 0. The Balaban J connectivity index is 1.98. The molecule has 1 saturated carbocycles. The standard InChI is InChI=1S/C15H26N4OSi/c1-10-13-12(9-16-10)14(18(2)17-13)19(11-7-6-8-11)15(20)21(3,4)5/h9,11,14,16-17H,6-8H2,1-5H3. The molecule has 0 saturated heterocycles. The Morgan fingerprint density at radius 2 is 2.05 bits per heavy atom. The van der Waals surface area contributed by atoms with Crippen molar-refractivity contribution in [3.63, 3.8) is 0 Å². The summed E-state index contributed by atoms with van der Waals surface area (Å²) in [5.41, 5.74) is 7.25. The lowest BCUT2D eigenvalue weighted by Crippen LogP contribution is -2.56. The molecule has 0 radical (unpaired) electrons. The van der Waals surface area contributed by atoms with Crippen molar-refractivity contribution in [2.75, 3.05) is 12.5 Å². The van der Waals surface area contributed by atoms with Gasteiger partial charge in [0.2, 0.25) is 0 Å². The van der Waals surface area contributed by atoms with Gasteiger partial charge in [-0.15, -0.1) is 0 Å². The molecule has 1 aromatic heterocycles. The van der Waals surface area contributed by atoms with E-state index in [1.54, 1.807) is 0 Å². The number of amides is 1. The van der Waals surface area contributed by atoms with Crippen LogP contribution in [0.3, 0.4) is 0 Å². The van der Waals surface area contributed by atoms with Crippen molar-refractivity contribution in [2.45, 2.75) is 58.0 Å². The molecule has 3 rings (SSSR count). The van der Waals surface area contributed by atoms with Gasteiger partial charge in [0, 0.05) is 30.5 Å². The molecule has 0 aromatic carbocycles. The minimum absolute atomic E-state index is 0.0227. The number of nitrogens with one attached hydrogen (secondary N) is 2. The van der Waals surface area contributed by atoms with E-state index < -0.39 is 8.07 Å². The lowest BCUT2D eigenvalue weighted by molar-refractivity contribution is 0.0580. The van der Waals surface area contributed by atoms with Crippen molar-refractivity contribution in [1.82, 2.24) is 14.9 Å². The van der Waals surface area contributed by atoms with Gasteiger partial charge in [-0.1, -0.05) is 19.6 Å². The maximum Gasteiger partial charge on any atom is 0.195 e. The predicted molar refractivity (Wildman–Crippen MR) is 87.9 cm³/mol. The number of nitrogens with zero attached hydrogens (tertiary/aromatic N) is 2. The zero-order chi connectivity index (χ0) is 15.4. The second-order valence-corrected chi connectivity index (χ2v) is 12.3. The van der Waals surface area contributed by atoms with Gasteiger partial charge in [0.15, 0.2) is 13.6 Å². The molecule has 1 aromatic rings. The first-order valence-electron chi connectivity index (χ1n) is 7.81. The number of carbonyl (C=O) groups is 1. The highest BCUT2D eigenvalue weighted by atomic mass is 28.3. The Hall–Kier alpha value is -1.27.